The van der Waals surface area contributed by atoms with E-state index in [-0.39, 0.29) is 11.3 Å². The van der Waals surface area contributed by atoms with Crippen LogP contribution in [0.5, 0.6) is 0 Å². The Morgan fingerprint density at radius 1 is 1.35 bits per heavy atom. The molecule has 6 nitrogen and oxygen atoms in total. The number of fused-ring (bicyclic) bond motifs is 1. The molecular formula is C10H6N4O2S. The minimum atomic E-state index is -0.456. The minimum absolute atomic E-state index is 0.0391. The summed E-state index contributed by atoms with van der Waals surface area (Å²) in [5, 5.41) is 17.0. The number of rotatable bonds is 2. The first-order chi connectivity index (χ1) is 8.25. The molecule has 0 amide bonds. The molecule has 0 bridgehead atoms. The second-order valence-corrected chi connectivity index (χ2v) is 4.28. The molecule has 0 fully saturated rings. The molecule has 0 saturated heterocycles. The summed E-state index contributed by atoms with van der Waals surface area (Å²) in [6, 6.07) is 6.77. The van der Waals surface area contributed by atoms with Crippen molar-refractivity contribution in [1.82, 2.24) is 14.6 Å². The van der Waals surface area contributed by atoms with Gasteiger partial charge >= 0.3 is 5.69 Å². The van der Waals surface area contributed by atoms with E-state index in [9.17, 15) is 10.1 Å². The zero-order valence-corrected chi connectivity index (χ0v) is 9.29. The summed E-state index contributed by atoms with van der Waals surface area (Å²) < 4.78 is 1.42. The van der Waals surface area contributed by atoms with E-state index in [1.54, 1.807) is 12.3 Å². The topological polar surface area (TPSA) is 73.3 Å². The molecule has 7 heteroatoms. The van der Waals surface area contributed by atoms with Gasteiger partial charge in [0.1, 0.15) is 0 Å². The maximum Gasteiger partial charge on any atom is 0.313 e. The van der Waals surface area contributed by atoms with E-state index < -0.39 is 4.92 Å². The molecule has 0 aliphatic carbocycles. The fourth-order valence-electron chi connectivity index (χ4n) is 1.54. The van der Waals surface area contributed by atoms with Gasteiger partial charge in [-0.3, -0.25) is 10.1 Å². The SMILES string of the molecule is O=[N+]([O-])c1cccn2nc(-c3cccs3)nc12. The largest absolute Gasteiger partial charge is 0.313 e. The van der Waals surface area contributed by atoms with E-state index in [2.05, 4.69) is 10.1 Å². The van der Waals surface area contributed by atoms with Crippen LogP contribution in [-0.2, 0) is 0 Å². The van der Waals surface area contributed by atoms with Crippen molar-refractivity contribution in [3.8, 4) is 10.7 Å². The molecule has 3 aromatic rings. The van der Waals surface area contributed by atoms with Crippen LogP contribution < -0.4 is 0 Å². The van der Waals surface area contributed by atoms with Crippen molar-refractivity contribution in [2.75, 3.05) is 0 Å². The molecule has 3 aromatic heterocycles. The van der Waals surface area contributed by atoms with Crippen LogP contribution in [0.1, 0.15) is 0 Å². The lowest BCUT2D eigenvalue weighted by molar-refractivity contribution is -0.383. The van der Waals surface area contributed by atoms with Gasteiger partial charge in [0.25, 0.3) is 0 Å². The second-order valence-electron chi connectivity index (χ2n) is 3.33. The fraction of sp³-hybridized carbons (Fsp3) is 0. The van der Waals surface area contributed by atoms with E-state index in [1.165, 1.54) is 21.9 Å². The van der Waals surface area contributed by atoms with Crippen LogP contribution in [0.4, 0.5) is 5.69 Å². The molecule has 0 saturated carbocycles. The smallest absolute Gasteiger partial charge is 0.258 e. The normalized spacial score (nSPS) is 10.8. The van der Waals surface area contributed by atoms with Gasteiger partial charge in [-0.15, -0.1) is 16.4 Å². The van der Waals surface area contributed by atoms with Crippen molar-refractivity contribution in [2.45, 2.75) is 0 Å². The molecule has 0 unspecified atom stereocenters. The van der Waals surface area contributed by atoms with Crippen molar-refractivity contribution >= 4 is 22.7 Å². The lowest BCUT2D eigenvalue weighted by Gasteiger charge is -1.91. The van der Waals surface area contributed by atoms with Crippen LogP contribution in [0.3, 0.4) is 0 Å². The molecule has 0 spiro atoms. The summed E-state index contributed by atoms with van der Waals surface area (Å²) in [6.07, 6.45) is 1.65. The van der Waals surface area contributed by atoms with Crippen molar-refractivity contribution in [2.24, 2.45) is 0 Å². The zero-order chi connectivity index (χ0) is 11.8. The van der Waals surface area contributed by atoms with Crippen LogP contribution in [0, 0.1) is 10.1 Å². The Hall–Kier alpha value is -2.28. The molecule has 3 rings (SSSR count). The molecule has 0 atom stereocenters. The lowest BCUT2D eigenvalue weighted by Crippen LogP contribution is -1.93. The van der Waals surface area contributed by atoms with Gasteiger partial charge in [-0.05, 0) is 17.5 Å². The summed E-state index contributed by atoms with van der Waals surface area (Å²) in [5.41, 5.74) is 0.226. The molecule has 0 radical (unpaired) electrons. The monoisotopic (exact) mass is 246 g/mol. The molecule has 3 heterocycles. The molecular weight excluding hydrogens is 240 g/mol. The third-order valence-electron chi connectivity index (χ3n) is 2.28. The van der Waals surface area contributed by atoms with Crippen molar-refractivity contribution in [3.05, 3.63) is 46.0 Å². The predicted octanol–water partition coefficient (Wildman–Crippen LogP) is 2.37. The molecule has 0 aliphatic heterocycles. The first kappa shape index (κ1) is 9.91. The van der Waals surface area contributed by atoms with Crippen LogP contribution in [-0.4, -0.2) is 19.5 Å². The number of nitrogens with zero attached hydrogens (tertiary/aromatic N) is 4. The van der Waals surface area contributed by atoms with E-state index in [0.29, 0.717) is 5.82 Å². The highest BCUT2D eigenvalue weighted by molar-refractivity contribution is 7.13. The summed E-state index contributed by atoms with van der Waals surface area (Å²) in [6.45, 7) is 0. The highest BCUT2D eigenvalue weighted by atomic mass is 32.1. The van der Waals surface area contributed by atoms with Gasteiger partial charge in [-0.1, -0.05) is 6.07 Å². The van der Waals surface area contributed by atoms with Crippen molar-refractivity contribution < 1.29 is 4.92 Å². The van der Waals surface area contributed by atoms with Gasteiger partial charge in [0, 0.05) is 12.3 Å². The van der Waals surface area contributed by atoms with E-state index in [0.717, 1.165) is 4.88 Å². The Bertz CT molecular complexity index is 689. The van der Waals surface area contributed by atoms with Gasteiger partial charge in [0.15, 0.2) is 5.82 Å². The van der Waals surface area contributed by atoms with Crippen LogP contribution in [0.25, 0.3) is 16.3 Å². The number of pyridine rings is 1. The van der Waals surface area contributed by atoms with Crippen LogP contribution in [0.2, 0.25) is 0 Å². The Morgan fingerprint density at radius 2 is 2.24 bits per heavy atom. The average molecular weight is 246 g/mol. The highest BCUT2D eigenvalue weighted by Crippen LogP contribution is 2.24. The van der Waals surface area contributed by atoms with Crippen LogP contribution >= 0.6 is 11.3 Å². The maximum absolute atomic E-state index is 10.8. The Labute approximate surface area is 99.3 Å². The first-order valence-electron chi connectivity index (χ1n) is 4.79. The molecule has 17 heavy (non-hydrogen) atoms. The third-order valence-corrected chi connectivity index (χ3v) is 3.15. The Balaban J connectivity index is 2.26. The number of aromatic nitrogens is 3. The van der Waals surface area contributed by atoms with E-state index >= 15 is 0 Å². The molecule has 0 aliphatic rings. The maximum atomic E-state index is 10.8. The average Bonchev–Trinajstić information content (AvgIpc) is 2.96. The Kier molecular flexibility index (Phi) is 2.12. The van der Waals surface area contributed by atoms with Crippen molar-refractivity contribution in [1.29, 1.82) is 0 Å². The molecule has 84 valence electrons. The molecule has 0 aromatic carbocycles. The summed E-state index contributed by atoms with van der Waals surface area (Å²) in [5.74, 6) is 0.509. The zero-order valence-electron chi connectivity index (χ0n) is 8.48. The third kappa shape index (κ3) is 1.56. The standard InChI is InChI=1S/C10H6N4O2S/c15-14(16)7-3-1-5-13-10(7)11-9(12-13)8-4-2-6-17-8/h1-6H. The number of hydrogen-bond acceptors (Lipinski definition) is 5. The van der Waals surface area contributed by atoms with Crippen molar-refractivity contribution in [3.63, 3.8) is 0 Å². The minimum Gasteiger partial charge on any atom is -0.258 e. The van der Waals surface area contributed by atoms with Gasteiger partial charge in [0.2, 0.25) is 5.65 Å². The molecule has 0 N–H and O–H groups in total. The van der Waals surface area contributed by atoms with E-state index in [4.69, 9.17) is 0 Å². The van der Waals surface area contributed by atoms with E-state index in [1.807, 2.05) is 17.5 Å². The van der Waals surface area contributed by atoms with Gasteiger partial charge < -0.3 is 0 Å². The quantitative estimate of drug-likeness (QED) is 0.514. The summed E-state index contributed by atoms with van der Waals surface area (Å²) in [7, 11) is 0. The number of nitro groups is 1. The number of thiophene rings is 1. The summed E-state index contributed by atoms with van der Waals surface area (Å²) in [4.78, 5) is 15.5. The van der Waals surface area contributed by atoms with Gasteiger partial charge in [0.05, 0.1) is 9.80 Å². The van der Waals surface area contributed by atoms with Gasteiger partial charge in [-0.2, -0.15) is 4.98 Å². The van der Waals surface area contributed by atoms with Gasteiger partial charge in [-0.25, -0.2) is 4.52 Å². The summed E-state index contributed by atoms with van der Waals surface area (Å²) >= 11 is 1.50. The Morgan fingerprint density at radius 3 is 2.94 bits per heavy atom. The van der Waals surface area contributed by atoms with Crippen LogP contribution in [0.15, 0.2) is 35.8 Å². The fourth-order valence-corrected chi connectivity index (χ4v) is 2.20. The lowest BCUT2D eigenvalue weighted by atomic mass is 10.4. The number of hydrogen-bond donors (Lipinski definition) is 0. The predicted molar refractivity (Wildman–Crippen MR) is 63.0 cm³/mol. The highest BCUT2D eigenvalue weighted by Gasteiger charge is 2.16. The first-order valence-corrected chi connectivity index (χ1v) is 5.67. The second kappa shape index (κ2) is 3.63.